The van der Waals surface area contributed by atoms with Crippen LogP contribution in [0.3, 0.4) is 0 Å². The summed E-state index contributed by atoms with van der Waals surface area (Å²) in [6.45, 7) is 4.67. The molecule has 8 heteroatoms. The predicted molar refractivity (Wildman–Crippen MR) is 119 cm³/mol. The van der Waals surface area contributed by atoms with Gasteiger partial charge >= 0.3 is 0 Å². The lowest BCUT2D eigenvalue weighted by Crippen LogP contribution is -2.39. The van der Waals surface area contributed by atoms with Crippen molar-refractivity contribution in [1.82, 2.24) is 16.0 Å². The van der Waals surface area contributed by atoms with Gasteiger partial charge in [0.1, 0.15) is 18.1 Å². The highest BCUT2D eigenvalue weighted by atomic mass is 127. The van der Waals surface area contributed by atoms with E-state index in [1.165, 1.54) is 11.1 Å². The van der Waals surface area contributed by atoms with Gasteiger partial charge in [-0.15, -0.1) is 24.0 Å². The van der Waals surface area contributed by atoms with Crippen molar-refractivity contribution in [2.24, 2.45) is 4.99 Å². The van der Waals surface area contributed by atoms with Crippen LogP contribution in [0, 0.1) is 0 Å². The van der Waals surface area contributed by atoms with Crippen molar-refractivity contribution in [2.75, 3.05) is 26.2 Å². The van der Waals surface area contributed by atoms with Crippen LogP contribution in [-0.2, 0) is 24.2 Å². The number of hydrogen-bond acceptors (Lipinski definition) is 4. The first-order valence-corrected chi connectivity index (χ1v) is 9.30. The quantitative estimate of drug-likeness (QED) is 0.295. The van der Waals surface area contributed by atoms with E-state index in [1.54, 1.807) is 12.3 Å². The van der Waals surface area contributed by atoms with E-state index in [4.69, 9.17) is 9.15 Å². The van der Waals surface area contributed by atoms with Crippen molar-refractivity contribution >= 4 is 35.8 Å². The molecular formula is C20H27IN4O3. The second-order valence-corrected chi connectivity index (χ2v) is 6.27. The number of hydrogen-bond donors (Lipinski definition) is 3. The minimum atomic E-state index is -0.151. The summed E-state index contributed by atoms with van der Waals surface area (Å²) in [4.78, 5) is 16.3. The van der Waals surface area contributed by atoms with Crippen LogP contribution in [0.2, 0.25) is 0 Å². The van der Waals surface area contributed by atoms with Gasteiger partial charge in [-0.1, -0.05) is 12.1 Å². The topological polar surface area (TPSA) is 87.9 Å². The summed E-state index contributed by atoms with van der Waals surface area (Å²) in [7, 11) is 0. The van der Waals surface area contributed by atoms with E-state index in [2.05, 4.69) is 33.1 Å². The van der Waals surface area contributed by atoms with E-state index in [0.717, 1.165) is 44.0 Å². The maximum atomic E-state index is 11.9. The number of carbonyl (C=O) groups excluding carboxylic acids is 1. The molecule has 152 valence electrons. The SMILES string of the molecule is CCNC(=NCC(=O)NCc1ccco1)NCCc1ccc2c(c1)CCO2.I. The Balaban J connectivity index is 0.00000280. The smallest absolute Gasteiger partial charge is 0.242 e. The summed E-state index contributed by atoms with van der Waals surface area (Å²) < 4.78 is 10.7. The van der Waals surface area contributed by atoms with Gasteiger partial charge in [-0.05, 0) is 42.7 Å². The number of furan rings is 1. The molecule has 1 aromatic carbocycles. The number of guanidine groups is 1. The zero-order valence-electron chi connectivity index (χ0n) is 16.0. The molecule has 0 unspecified atom stereocenters. The standard InChI is InChI=1S/C20H26N4O3.HI/c1-2-21-20(24-14-19(25)23-13-17-4-3-10-26-17)22-9-7-15-5-6-18-16(12-15)8-11-27-18;/h3-6,10,12H,2,7-9,11,13-14H2,1H3,(H,23,25)(H2,21,22,24);1H. The van der Waals surface area contributed by atoms with Crippen LogP contribution in [-0.4, -0.2) is 38.1 Å². The molecule has 0 spiro atoms. The van der Waals surface area contributed by atoms with E-state index >= 15 is 0 Å². The van der Waals surface area contributed by atoms with Crippen LogP contribution in [0.25, 0.3) is 0 Å². The highest BCUT2D eigenvalue weighted by molar-refractivity contribution is 14.0. The van der Waals surface area contributed by atoms with Gasteiger partial charge in [0.2, 0.25) is 5.91 Å². The lowest BCUT2D eigenvalue weighted by atomic mass is 10.1. The first kappa shape index (κ1) is 22.1. The zero-order valence-corrected chi connectivity index (χ0v) is 18.3. The molecule has 28 heavy (non-hydrogen) atoms. The van der Waals surface area contributed by atoms with Crippen molar-refractivity contribution in [2.45, 2.75) is 26.3 Å². The van der Waals surface area contributed by atoms with Crippen LogP contribution in [0.15, 0.2) is 46.0 Å². The van der Waals surface area contributed by atoms with Gasteiger partial charge in [0.05, 0.1) is 19.4 Å². The molecule has 0 saturated carbocycles. The van der Waals surface area contributed by atoms with Gasteiger partial charge in [0, 0.05) is 19.5 Å². The Morgan fingerprint density at radius 3 is 2.89 bits per heavy atom. The molecule has 3 rings (SSSR count). The third kappa shape index (κ3) is 6.74. The van der Waals surface area contributed by atoms with E-state index in [1.807, 2.05) is 19.1 Å². The third-order valence-corrected chi connectivity index (χ3v) is 4.22. The van der Waals surface area contributed by atoms with Crippen molar-refractivity contribution in [3.8, 4) is 5.75 Å². The lowest BCUT2D eigenvalue weighted by molar-refractivity contribution is -0.119. The molecule has 0 bridgehead atoms. The second-order valence-electron chi connectivity index (χ2n) is 6.27. The van der Waals surface area contributed by atoms with Gasteiger partial charge in [0.25, 0.3) is 0 Å². The number of ether oxygens (including phenoxy) is 1. The summed E-state index contributed by atoms with van der Waals surface area (Å²) in [6, 6.07) is 9.95. The molecule has 1 aromatic heterocycles. The molecule has 2 heterocycles. The number of nitrogens with one attached hydrogen (secondary N) is 3. The largest absolute Gasteiger partial charge is 0.493 e. The number of halogens is 1. The van der Waals surface area contributed by atoms with Crippen LogP contribution < -0.4 is 20.7 Å². The third-order valence-electron chi connectivity index (χ3n) is 4.22. The van der Waals surface area contributed by atoms with Gasteiger partial charge < -0.3 is 25.1 Å². The number of amides is 1. The van der Waals surface area contributed by atoms with Gasteiger partial charge in [-0.2, -0.15) is 0 Å². The van der Waals surface area contributed by atoms with Crippen molar-refractivity contribution < 1.29 is 13.9 Å². The number of rotatable bonds is 8. The monoisotopic (exact) mass is 498 g/mol. The summed E-state index contributed by atoms with van der Waals surface area (Å²) in [5.74, 6) is 2.21. The Morgan fingerprint density at radius 2 is 2.11 bits per heavy atom. The average Bonchev–Trinajstić information content (AvgIpc) is 3.35. The van der Waals surface area contributed by atoms with E-state index in [-0.39, 0.29) is 36.4 Å². The Kier molecular flexibility index (Phi) is 9.12. The Labute approximate surface area is 182 Å². The average molecular weight is 498 g/mol. The molecule has 3 N–H and O–H groups in total. The predicted octanol–water partition coefficient (Wildman–Crippen LogP) is 2.25. The molecule has 0 saturated heterocycles. The Bertz CT molecular complexity index is 778. The summed E-state index contributed by atoms with van der Waals surface area (Å²) in [5, 5.41) is 9.21. The highest BCUT2D eigenvalue weighted by Crippen LogP contribution is 2.25. The molecule has 1 amide bonds. The molecule has 0 fully saturated rings. The molecule has 1 aliphatic heterocycles. The molecular weight excluding hydrogens is 471 g/mol. The molecule has 7 nitrogen and oxygen atoms in total. The maximum absolute atomic E-state index is 11.9. The Hall–Kier alpha value is -2.23. The van der Waals surface area contributed by atoms with Crippen LogP contribution >= 0.6 is 24.0 Å². The number of benzene rings is 1. The van der Waals surface area contributed by atoms with Gasteiger partial charge in [0.15, 0.2) is 5.96 Å². The van der Waals surface area contributed by atoms with Crippen LogP contribution in [0.1, 0.15) is 23.8 Å². The zero-order chi connectivity index (χ0) is 18.9. The van der Waals surface area contributed by atoms with E-state index < -0.39 is 0 Å². The first-order valence-electron chi connectivity index (χ1n) is 9.30. The van der Waals surface area contributed by atoms with Gasteiger partial charge in [-0.25, -0.2) is 4.99 Å². The molecule has 0 atom stereocenters. The normalized spacial score (nSPS) is 12.5. The van der Waals surface area contributed by atoms with Crippen LogP contribution in [0.5, 0.6) is 5.75 Å². The summed E-state index contributed by atoms with van der Waals surface area (Å²) in [5.41, 5.74) is 2.54. The lowest BCUT2D eigenvalue weighted by Gasteiger charge is -2.11. The van der Waals surface area contributed by atoms with Crippen molar-refractivity contribution in [1.29, 1.82) is 0 Å². The van der Waals surface area contributed by atoms with E-state index in [9.17, 15) is 4.79 Å². The Morgan fingerprint density at radius 1 is 1.21 bits per heavy atom. The fraction of sp³-hybridized carbons (Fsp3) is 0.400. The number of nitrogens with zero attached hydrogens (tertiary/aromatic N) is 1. The first-order chi connectivity index (χ1) is 13.2. The number of aliphatic imine (C=N–C) groups is 1. The maximum Gasteiger partial charge on any atom is 0.242 e. The van der Waals surface area contributed by atoms with Crippen molar-refractivity contribution in [3.05, 3.63) is 53.5 Å². The minimum absolute atomic E-state index is 0. The molecule has 2 aromatic rings. The van der Waals surface area contributed by atoms with E-state index in [0.29, 0.717) is 12.5 Å². The summed E-state index contributed by atoms with van der Waals surface area (Å²) >= 11 is 0. The molecule has 0 aliphatic carbocycles. The fourth-order valence-electron chi connectivity index (χ4n) is 2.87. The fourth-order valence-corrected chi connectivity index (χ4v) is 2.87. The van der Waals surface area contributed by atoms with Crippen LogP contribution in [0.4, 0.5) is 0 Å². The minimum Gasteiger partial charge on any atom is -0.493 e. The number of fused-ring (bicyclic) bond motifs is 1. The highest BCUT2D eigenvalue weighted by Gasteiger charge is 2.11. The number of carbonyl (C=O) groups is 1. The molecule has 0 radical (unpaired) electrons. The summed E-state index contributed by atoms with van der Waals surface area (Å²) in [6.07, 6.45) is 3.44. The van der Waals surface area contributed by atoms with Gasteiger partial charge in [-0.3, -0.25) is 4.79 Å². The van der Waals surface area contributed by atoms with Crippen molar-refractivity contribution in [3.63, 3.8) is 0 Å². The second kappa shape index (κ2) is 11.6. The molecule has 1 aliphatic rings.